The molecule has 2 heterocycles. The van der Waals surface area contributed by atoms with E-state index in [-0.39, 0.29) is 0 Å². The fourth-order valence-electron chi connectivity index (χ4n) is 6.68. The summed E-state index contributed by atoms with van der Waals surface area (Å²) in [4.78, 5) is 5.33. The molecule has 2 aliphatic carbocycles. The first-order valence-corrected chi connectivity index (χ1v) is 12.3. The highest BCUT2D eigenvalue weighted by atomic mass is 15.0. The maximum atomic E-state index is 5.33. The lowest BCUT2D eigenvalue weighted by atomic mass is 9.98. The topological polar surface area (TPSA) is 17.3 Å². The van der Waals surface area contributed by atoms with Crippen LogP contribution in [0.25, 0.3) is 60.6 Å². The van der Waals surface area contributed by atoms with E-state index in [2.05, 4.69) is 101 Å². The van der Waals surface area contributed by atoms with Gasteiger partial charge in [-0.25, -0.2) is 4.98 Å². The van der Waals surface area contributed by atoms with Gasteiger partial charge < -0.3 is 0 Å². The van der Waals surface area contributed by atoms with Crippen molar-refractivity contribution in [1.82, 2.24) is 9.38 Å². The first kappa shape index (κ1) is 18.0. The number of rotatable bonds is 0. The SMILES string of the molecule is c1ccc2c(c1)Cc1cc3c(cc1-2)Cc1c-3ccc2c1nc1c3ccccc3c3ccccc3n21. The molecule has 7 aromatic rings. The third-order valence-corrected chi connectivity index (χ3v) is 8.21. The lowest BCUT2D eigenvalue weighted by Crippen LogP contribution is -1.91. The number of benzene rings is 5. The van der Waals surface area contributed by atoms with Crippen molar-refractivity contribution in [3.8, 4) is 22.3 Å². The van der Waals surface area contributed by atoms with Crippen LogP contribution >= 0.6 is 0 Å². The molecule has 35 heavy (non-hydrogen) atoms. The third kappa shape index (κ3) is 2.18. The third-order valence-electron chi connectivity index (χ3n) is 8.21. The quantitative estimate of drug-likeness (QED) is 0.217. The highest BCUT2D eigenvalue weighted by molar-refractivity contribution is 6.14. The summed E-state index contributed by atoms with van der Waals surface area (Å²) in [7, 11) is 0. The molecule has 0 bridgehead atoms. The summed E-state index contributed by atoms with van der Waals surface area (Å²) in [5.74, 6) is 0. The van der Waals surface area contributed by atoms with Crippen LogP contribution in [0.3, 0.4) is 0 Å². The molecular weight excluding hydrogens is 424 g/mol. The van der Waals surface area contributed by atoms with Gasteiger partial charge in [0.05, 0.1) is 16.6 Å². The van der Waals surface area contributed by atoms with Crippen LogP contribution in [0.4, 0.5) is 0 Å². The lowest BCUT2D eigenvalue weighted by Gasteiger charge is -2.09. The van der Waals surface area contributed by atoms with Crippen molar-refractivity contribution in [2.24, 2.45) is 0 Å². The summed E-state index contributed by atoms with van der Waals surface area (Å²) in [6.45, 7) is 0. The van der Waals surface area contributed by atoms with Gasteiger partial charge in [-0.2, -0.15) is 0 Å². The molecule has 2 nitrogen and oxygen atoms in total. The van der Waals surface area contributed by atoms with Crippen LogP contribution < -0.4 is 0 Å². The fourth-order valence-corrected chi connectivity index (χ4v) is 6.68. The van der Waals surface area contributed by atoms with Gasteiger partial charge in [-0.15, -0.1) is 0 Å². The minimum Gasteiger partial charge on any atom is -0.292 e. The Kier molecular flexibility index (Phi) is 3.16. The second-order valence-corrected chi connectivity index (χ2v) is 9.97. The lowest BCUT2D eigenvalue weighted by molar-refractivity contribution is 1.24. The van der Waals surface area contributed by atoms with Crippen LogP contribution in [0.1, 0.15) is 22.3 Å². The number of hydrogen-bond acceptors (Lipinski definition) is 1. The van der Waals surface area contributed by atoms with Gasteiger partial charge in [-0.05, 0) is 80.6 Å². The molecule has 0 unspecified atom stereocenters. The van der Waals surface area contributed by atoms with Crippen LogP contribution in [0.2, 0.25) is 0 Å². The molecule has 2 aromatic heterocycles. The first-order chi connectivity index (χ1) is 17.3. The molecule has 0 atom stereocenters. The largest absolute Gasteiger partial charge is 0.292 e. The Morgan fingerprint density at radius 1 is 0.514 bits per heavy atom. The fraction of sp³-hybridized carbons (Fsp3) is 0.0606. The van der Waals surface area contributed by atoms with Crippen LogP contribution in [0.15, 0.2) is 97.1 Å². The maximum absolute atomic E-state index is 5.33. The molecule has 0 saturated carbocycles. The van der Waals surface area contributed by atoms with Crippen LogP contribution in [0, 0.1) is 0 Å². The van der Waals surface area contributed by atoms with Crippen molar-refractivity contribution in [1.29, 1.82) is 0 Å². The van der Waals surface area contributed by atoms with Crippen LogP contribution in [-0.2, 0) is 12.8 Å². The van der Waals surface area contributed by atoms with Crippen molar-refractivity contribution in [2.45, 2.75) is 12.8 Å². The van der Waals surface area contributed by atoms with Gasteiger partial charge in [0.2, 0.25) is 0 Å². The maximum Gasteiger partial charge on any atom is 0.146 e. The normalized spacial score (nSPS) is 13.5. The molecular formula is C33H20N2. The summed E-state index contributed by atoms with van der Waals surface area (Å²) in [6, 6.07) is 35.7. The van der Waals surface area contributed by atoms with Gasteiger partial charge in [-0.1, -0.05) is 72.8 Å². The predicted octanol–water partition coefficient (Wildman–Crippen LogP) is 7.94. The predicted molar refractivity (Wildman–Crippen MR) is 144 cm³/mol. The summed E-state index contributed by atoms with van der Waals surface area (Å²) in [5.41, 5.74) is 15.8. The Bertz CT molecular complexity index is 2060. The van der Waals surface area contributed by atoms with E-state index >= 15 is 0 Å². The van der Waals surface area contributed by atoms with Crippen molar-refractivity contribution in [3.63, 3.8) is 0 Å². The van der Waals surface area contributed by atoms with Gasteiger partial charge in [0.15, 0.2) is 0 Å². The number of aromatic nitrogens is 2. The molecule has 2 aliphatic rings. The number of fused-ring (bicyclic) bond motifs is 15. The smallest absolute Gasteiger partial charge is 0.146 e. The number of imidazole rings is 1. The standard InChI is InChI=1S/C33H20N2/c1-2-8-22-19(7-1)15-20-16-28-21(17-27(20)22)18-29-24(28)13-14-31-32(29)34-33-26-11-4-3-9-23(26)25-10-5-6-12-30(25)35(31)33/h1-14,16-17H,15,18H2. The molecule has 0 spiro atoms. The molecule has 5 aromatic carbocycles. The molecule has 0 saturated heterocycles. The molecule has 0 amide bonds. The van der Waals surface area contributed by atoms with Crippen molar-refractivity contribution in [3.05, 3.63) is 119 Å². The number of nitrogens with zero attached hydrogens (tertiary/aromatic N) is 2. The highest BCUT2D eigenvalue weighted by Crippen LogP contribution is 2.46. The molecule has 2 heteroatoms. The Hall–Kier alpha value is -4.43. The van der Waals surface area contributed by atoms with Crippen LogP contribution in [0.5, 0.6) is 0 Å². The van der Waals surface area contributed by atoms with Crippen molar-refractivity contribution < 1.29 is 0 Å². The Morgan fingerprint density at radius 2 is 1.23 bits per heavy atom. The van der Waals surface area contributed by atoms with Gasteiger partial charge in [0.25, 0.3) is 0 Å². The summed E-state index contributed by atoms with van der Waals surface area (Å²) in [5, 5.41) is 3.75. The average Bonchev–Trinajstić information content (AvgIpc) is 3.58. The molecule has 0 N–H and O–H groups in total. The Labute approximate surface area is 202 Å². The summed E-state index contributed by atoms with van der Waals surface area (Å²) in [6.07, 6.45) is 1.97. The Balaban J connectivity index is 1.35. The molecule has 162 valence electrons. The first-order valence-electron chi connectivity index (χ1n) is 12.3. The zero-order chi connectivity index (χ0) is 22.7. The van der Waals surface area contributed by atoms with E-state index < -0.39 is 0 Å². The van der Waals surface area contributed by atoms with E-state index in [1.807, 2.05) is 0 Å². The molecule has 0 aliphatic heterocycles. The number of para-hydroxylation sites is 1. The van der Waals surface area contributed by atoms with E-state index in [0.717, 1.165) is 24.0 Å². The zero-order valence-corrected chi connectivity index (χ0v) is 19.0. The number of pyridine rings is 1. The van der Waals surface area contributed by atoms with Crippen molar-refractivity contribution in [2.75, 3.05) is 0 Å². The van der Waals surface area contributed by atoms with Gasteiger partial charge >= 0.3 is 0 Å². The van der Waals surface area contributed by atoms with Gasteiger partial charge in [0.1, 0.15) is 5.65 Å². The van der Waals surface area contributed by atoms with E-state index in [4.69, 9.17) is 4.98 Å². The summed E-state index contributed by atoms with van der Waals surface area (Å²) >= 11 is 0. The minimum absolute atomic E-state index is 0.942. The van der Waals surface area contributed by atoms with E-state index in [1.54, 1.807) is 0 Å². The monoisotopic (exact) mass is 444 g/mol. The van der Waals surface area contributed by atoms with E-state index in [0.29, 0.717) is 0 Å². The van der Waals surface area contributed by atoms with E-state index in [9.17, 15) is 0 Å². The molecule has 9 rings (SSSR count). The average molecular weight is 445 g/mol. The van der Waals surface area contributed by atoms with Crippen LogP contribution in [-0.4, -0.2) is 9.38 Å². The van der Waals surface area contributed by atoms with Crippen molar-refractivity contribution >= 4 is 38.4 Å². The zero-order valence-electron chi connectivity index (χ0n) is 19.0. The van der Waals surface area contributed by atoms with Gasteiger partial charge in [0, 0.05) is 17.2 Å². The summed E-state index contributed by atoms with van der Waals surface area (Å²) < 4.78 is 2.37. The van der Waals surface area contributed by atoms with E-state index in [1.165, 1.54) is 71.7 Å². The Morgan fingerprint density at radius 3 is 2.14 bits per heavy atom. The minimum atomic E-state index is 0.942. The second kappa shape index (κ2) is 6.17. The number of hydrogen-bond donors (Lipinski definition) is 0. The molecule has 0 radical (unpaired) electrons. The second-order valence-electron chi connectivity index (χ2n) is 9.97. The molecule has 0 fully saturated rings. The highest BCUT2D eigenvalue weighted by Gasteiger charge is 2.27. The van der Waals surface area contributed by atoms with Gasteiger partial charge in [-0.3, -0.25) is 4.40 Å².